The van der Waals surface area contributed by atoms with Crippen LogP contribution < -0.4 is 4.74 Å². The normalized spacial score (nSPS) is 17.4. The number of ketones is 1. The van der Waals surface area contributed by atoms with E-state index >= 15 is 0 Å². The van der Waals surface area contributed by atoms with E-state index in [9.17, 15) is 4.79 Å². The molecule has 3 rings (SSSR count). The maximum atomic E-state index is 12.6. The Bertz CT molecular complexity index is 616. The summed E-state index contributed by atoms with van der Waals surface area (Å²) in [5.74, 6) is 0.742. The highest BCUT2D eigenvalue weighted by molar-refractivity contribution is 6.00. The number of Topliss-reactive ketones (excluding diaryl/α,β-unsaturated/α-hetero) is 1. The Kier molecular flexibility index (Phi) is 3.52. The number of fused-ring (bicyclic) bond motifs is 1. The quantitative estimate of drug-likeness (QED) is 0.802. The predicted octanol–water partition coefficient (Wildman–Crippen LogP) is 3.19. The summed E-state index contributed by atoms with van der Waals surface area (Å²) in [7, 11) is 1.61. The summed E-state index contributed by atoms with van der Waals surface area (Å²) in [4.78, 5) is 12.6. The number of rotatable bonds is 3. The average molecular weight is 268 g/mol. The van der Waals surface area contributed by atoms with E-state index in [-0.39, 0.29) is 5.78 Å². The van der Waals surface area contributed by atoms with Gasteiger partial charge in [-0.15, -0.1) is 0 Å². The highest BCUT2D eigenvalue weighted by Gasteiger charge is 2.27. The Labute approximate surface area is 118 Å². The molecule has 0 saturated heterocycles. The zero-order chi connectivity index (χ0) is 13.9. The summed E-state index contributed by atoms with van der Waals surface area (Å²) in [6.07, 6.45) is 0.371. The van der Waals surface area contributed by atoms with E-state index < -0.39 is 6.10 Å². The topological polar surface area (TPSA) is 35.5 Å². The third-order valence-electron chi connectivity index (χ3n) is 3.61. The van der Waals surface area contributed by atoms with Crippen molar-refractivity contribution in [2.45, 2.75) is 12.5 Å². The summed E-state index contributed by atoms with van der Waals surface area (Å²) in [5.41, 5.74) is 2.83. The number of methoxy groups -OCH3 is 1. The van der Waals surface area contributed by atoms with Gasteiger partial charge in [0.05, 0.1) is 13.7 Å². The second kappa shape index (κ2) is 5.47. The Morgan fingerprint density at radius 1 is 1.15 bits per heavy atom. The van der Waals surface area contributed by atoms with Gasteiger partial charge >= 0.3 is 0 Å². The van der Waals surface area contributed by atoms with Crippen LogP contribution in [0.2, 0.25) is 0 Å². The molecule has 20 heavy (non-hydrogen) atoms. The van der Waals surface area contributed by atoms with Crippen LogP contribution in [-0.4, -0.2) is 19.5 Å². The van der Waals surface area contributed by atoms with Gasteiger partial charge in [-0.1, -0.05) is 24.3 Å². The van der Waals surface area contributed by atoms with E-state index in [0.717, 1.165) is 17.7 Å². The number of hydrogen-bond acceptors (Lipinski definition) is 3. The fourth-order valence-electron chi connectivity index (χ4n) is 2.52. The fraction of sp³-hybridized carbons (Fsp3) is 0.235. The number of hydrogen-bond donors (Lipinski definition) is 0. The minimum absolute atomic E-state index is 0.000182. The number of ether oxygens (including phenoxy) is 2. The SMILES string of the molecule is COc1ccc(C(=O)C2OCCc3ccccc32)cc1. The number of benzene rings is 2. The molecule has 1 aliphatic heterocycles. The lowest BCUT2D eigenvalue weighted by Gasteiger charge is -2.25. The fourth-order valence-corrected chi connectivity index (χ4v) is 2.52. The van der Waals surface area contributed by atoms with Crippen LogP contribution in [0.5, 0.6) is 5.75 Å². The molecule has 0 radical (unpaired) electrons. The second-order valence-corrected chi connectivity index (χ2v) is 4.79. The Hall–Kier alpha value is -2.13. The van der Waals surface area contributed by atoms with E-state index in [0.29, 0.717) is 12.2 Å². The van der Waals surface area contributed by atoms with Crippen LogP contribution in [0.25, 0.3) is 0 Å². The first-order chi connectivity index (χ1) is 9.79. The zero-order valence-electron chi connectivity index (χ0n) is 11.3. The van der Waals surface area contributed by atoms with Gasteiger partial charge in [-0.3, -0.25) is 4.79 Å². The molecule has 0 spiro atoms. The molecule has 0 aromatic heterocycles. The number of carbonyl (C=O) groups excluding carboxylic acids is 1. The molecule has 0 amide bonds. The second-order valence-electron chi connectivity index (χ2n) is 4.79. The van der Waals surface area contributed by atoms with Crippen molar-refractivity contribution in [3.63, 3.8) is 0 Å². The first-order valence-electron chi connectivity index (χ1n) is 6.67. The van der Waals surface area contributed by atoms with Crippen molar-refractivity contribution in [2.24, 2.45) is 0 Å². The number of carbonyl (C=O) groups is 1. The molecule has 0 bridgehead atoms. The van der Waals surface area contributed by atoms with Crippen molar-refractivity contribution >= 4 is 5.78 Å². The van der Waals surface area contributed by atoms with Gasteiger partial charge in [-0.2, -0.15) is 0 Å². The highest BCUT2D eigenvalue weighted by Crippen LogP contribution is 2.30. The van der Waals surface area contributed by atoms with Gasteiger partial charge < -0.3 is 9.47 Å². The van der Waals surface area contributed by atoms with E-state index in [1.807, 2.05) is 18.2 Å². The molecule has 1 aliphatic rings. The first-order valence-corrected chi connectivity index (χ1v) is 6.67. The van der Waals surface area contributed by atoms with E-state index in [4.69, 9.17) is 9.47 Å². The summed E-state index contributed by atoms with van der Waals surface area (Å²) in [5, 5.41) is 0. The van der Waals surface area contributed by atoms with Crippen LogP contribution in [0.15, 0.2) is 48.5 Å². The van der Waals surface area contributed by atoms with Crippen molar-refractivity contribution in [3.8, 4) is 5.75 Å². The minimum Gasteiger partial charge on any atom is -0.497 e. The maximum Gasteiger partial charge on any atom is 0.196 e. The van der Waals surface area contributed by atoms with Crippen molar-refractivity contribution in [3.05, 3.63) is 65.2 Å². The van der Waals surface area contributed by atoms with E-state index in [2.05, 4.69) is 6.07 Å². The van der Waals surface area contributed by atoms with Crippen molar-refractivity contribution < 1.29 is 14.3 Å². The molecule has 102 valence electrons. The highest BCUT2D eigenvalue weighted by atomic mass is 16.5. The van der Waals surface area contributed by atoms with Crippen molar-refractivity contribution in [1.29, 1.82) is 0 Å². The van der Waals surface area contributed by atoms with E-state index in [1.165, 1.54) is 5.56 Å². The Morgan fingerprint density at radius 3 is 2.65 bits per heavy atom. The van der Waals surface area contributed by atoms with Crippen LogP contribution >= 0.6 is 0 Å². The molecule has 1 heterocycles. The molecular formula is C17H16O3. The largest absolute Gasteiger partial charge is 0.497 e. The van der Waals surface area contributed by atoms with Gasteiger partial charge in [-0.05, 0) is 41.8 Å². The lowest BCUT2D eigenvalue weighted by Crippen LogP contribution is -2.23. The van der Waals surface area contributed by atoms with Gasteiger partial charge in [0.2, 0.25) is 0 Å². The monoisotopic (exact) mass is 268 g/mol. The average Bonchev–Trinajstić information content (AvgIpc) is 2.54. The summed E-state index contributed by atoms with van der Waals surface area (Å²) in [6.45, 7) is 0.587. The lowest BCUT2D eigenvalue weighted by atomic mass is 9.92. The summed E-state index contributed by atoms with van der Waals surface area (Å²) < 4.78 is 10.8. The molecule has 3 heteroatoms. The predicted molar refractivity (Wildman–Crippen MR) is 76.2 cm³/mol. The summed E-state index contributed by atoms with van der Waals surface area (Å²) in [6, 6.07) is 15.1. The van der Waals surface area contributed by atoms with Gasteiger partial charge in [0, 0.05) is 5.56 Å². The molecular weight excluding hydrogens is 252 g/mol. The zero-order valence-corrected chi connectivity index (χ0v) is 11.3. The molecule has 2 aromatic rings. The van der Waals surface area contributed by atoms with Gasteiger partial charge in [0.15, 0.2) is 5.78 Å². The Balaban J connectivity index is 1.91. The molecule has 0 fully saturated rings. The minimum atomic E-state index is -0.492. The standard InChI is InChI=1S/C17H16O3/c1-19-14-8-6-13(7-9-14)16(18)17-15-5-3-2-4-12(15)10-11-20-17/h2-9,17H,10-11H2,1H3. The van der Waals surface area contributed by atoms with Gasteiger partial charge in [0.25, 0.3) is 0 Å². The molecule has 1 atom stereocenters. The van der Waals surface area contributed by atoms with Crippen LogP contribution in [0.4, 0.5) is 0 Å². The third-order valence-corrected chi connectivity index (χ3v) is 3.61. The molecule has 0 saturated carbocycles. The van der Waals surface area contributed by atoms with Gasteiger partial charge in [-0.25, -0.2) is 0 Å². The molecule has 0 N–H and O–H groups in total. The molecule has 3 nitrogen and oxygen atoms in total. The third kappa shape index (κ3) is 2.32. The lowest BCUT2D eigenvalue weighted by molar-refractivity contribution is 0.0349. The smallest absolute Gasteiger partial charge is 0.196 e. The maximum absolute atomic E-state index is 12.6. The van der Waals surface area contributed by atoms with Gasteiger partial charge in [0.1, 0.15) is 11.9 Å². The van der Waals surface area contributed by atoms with Crippen LogP contribution in [0.3, 0.4) is 0 Å². The van der Waals surface area contributed by atoms with Crippen molar-refractivity contribution in [2.75, 3.05) is 13.7 Å². The molecule has 0 aliphatic carbocycles. The Morgan fingerprint density at radius 2 is 1.90 bits per heavy atom. The molecule has 1 unspecified atom stereocenters. The summed E-state index contributed by atoms with van der Waals surface area (Å²) >= 11 is 0. The van der Waals surface area contributed by atoms with Crippen LogP contribution in [0.1, 0.15) is 27.6 Å². The molecule has 2 aromatic carbocycles. The first kappa shape index (κ1) is 12.9. The van der Waals surface area contributed by atoms with E-state index in [1.54, 1.807) is 31.4 Å². The van der Waals surface area contributed by atoms with Crippen molar-refractivity contribution in [1.82, 2.24) is 0 Å². The van der Waals surface area contributed by atoms with Crippen LogP contribution in [-0.2, 0) is 11.2 Å². The van der Waals surface area contributed by atoms with Crippen LogP contribution in [0, 0.1) is 0 Å².